The minimum atomic E-state index is -1.23. The van der Waals surface area contributed by atoms with E-state index in [9.17, 15) is 0 Å². The maximum Gasteiger partial charge on any atom is 0.108 e. The third kappa shape index (κ3) is 1.25. The summed E-state index contributed by atoms with van der Waals surface area (Å²) < 4.78 is 0. The Morgan fingerprint density at radius 1 is 1.00 bits per heavy atom. The van der Waals surface area contributed by atoms with Crippen LogP contribution in [0.25, 0.3) is 0 Å². The van der Waals surface area contributed by atoms with Gasteiger partial charge in [-0.05, 0) is 0 Å². The zero-order chi connectivity index (χ0) is 8.59. The molecule has 1 saturated carbocycles. The van der Waals surface area contributed by atoms with Gasteiger partial charge in [-0.1, -0.05) is 0 Å². The first-order valence-electron chi connectivity index (χ1n) is 3.50. The van der Waals surface area contributed by atoms with Crippen LogP contribution in [0.15, 0.2) is 0 Å². The molecule has 0 aliphatic heterocycles. The van der Waals surface area contributed by atoms with Crippen LogP contribution in [0.3, 0.4) is 0 Å². The number of hydrogen-bond acceptors (Lipinski definition) is 5. The molecule has 6 N–H and O–H groups in total. The second-order valence-electron chi connectivity index (χ2n) is 2.90. The summed E-state index contributed by atoms with van der Waals surface area (Å²) >= 11 is 0. The lowest BCUT2D eigenvalue weighted by atomic mass is 10.0. The monoisotopic (exact) mass is 163 g/mol. The number of rotatable bonds is 1. The van der Waals surface area contributed by atoms with Gasteiger partial charge in [-0.3, -0.25) is 0 Å². The Bertz CT molecular complexity index is 129. The van der Waals surface area contributed by atoms with Crippen molar-refractivity contribution in [2.24, 2.45) is 11.7 Å². The van der Waals surface area contributed by atoms with E-state index in [4.69, 9.17) is 26.2 Å². The van der Waals surface area contributed by atoms with Gasteiger partial charge in [-0.25, -0.2) is 0 Å². The van der Waals surface area contributed by atoms with Gasteiger partial charge in [0, 0.05) is 12.0 Å². The first-order chi connectivity index (χ1) is 5.09. The van der Waals surface area contributed by atoms with E-state index >= 15 is 0 Å². The Morgan fingerprint density at radius 3 is 1.73 bits per heavy atom. The number of aliphatic hydroxyl groups excluding tert-OH is 4. The summed E-state index contributed by atoms with van der Waals surface area (Å²) in [4.78, 5) is 0. The van der Waals surface area contributed by atoms with E-state index < -0.39 is 30.3 Å². The molecule has 11 heavy (non-hydrogen) atoms. The highest BCUT2D eigenvalue weighted by atomic mass is 16.4. The molecule has 0 amide bonds. The molecule has 66 valence electrons. The Morgan fingerprint density at radius 2 is 1.55 bits per heavy atom. The van der Waals surface area contributed by atoms with Crippen LogP contribution in [0, 0.1) is 5.92 Å². The predicted octanol–water partition coefficient (Wildman–Crippen LogP) is -2.98. The largest absolute Gasteiger partial charge is 0.396 e. The van der Waals surface area contributed by atoms with Crippen LogP contribution in [0.1, 0.15) is 0 Å². The van der Waals surface area contributed by atoms with Gasteiger partial charge < -0.3 is 26.2 Å². The highest BCUT2D eigenvalue weighted by Crippen LogP contribution is 2.25. The number of aliphatic hydroxyl groups is 4. The molecule has 5 heteroatoms. The average molecular weight is 163 g/mol. The second-order valence-corrected chi connectivity index (χ2v) is 2.90. The quantitative estimate of drug-likeness (QED) is 0.283. The molecule has 0 aromatic heterocycles. The SMILES string of the molecule is N[C@H]1[C@@H](O)[C@@H](O)[C@H](O)[C@H]1CO. The summed E-state index contributed by atoms with van der Waals surface area (Å²) in [7, 11) is 0. The van der Waals surface area contributed by atoms with E-state index in [2.05, 4.69) is 0 Å². The van der Waals surface area contributed by atoms with Gasteiger partial charge in [-0.2, -0.15) is 0 Å². The smallest absolute Gasteiger partial charge is 0.108 e. The third-order valence-corrected chi connectivity index (χ3v) is 2.24. The van der Waals surface area contributed by atoms with Crippen LogP contribution >= 0.6 is 0 Å². The van der Waals surface area contributed by atoms with E-state index in [0.29, 0.717) is 0 Å². The van der Waals surface area contributed by atoms with Gasteiger partial charge in [0.1, 0.15) is 6.10 Å². The Labute approximate surface area is 64.1 Å². The van der Waals surface area contributed by atoms with Gasteiger partial charge >= 0.3 is 0 Å². The molecule has 5 atom stereocenters. The van der Waals surface area contributed by atoms with Gasteiger partial charge in [-0.15, -0.1) is 0 Å². The van der Waals surface area contributed by atoms with Crippen molar-refractivity contribution in [1.29, 1.82) is 0 Å². The lowest BCUT2D eigenvalue weighted by Gasteiger charge is -2.15. The molecule has 0 radical (unpaired) electrons. The van der Waals surface area contributed by atoms with E-state index in [1.165, 1.54) is 0 Å². The predicted molar refractivity (Wildman–Crippen MR) is 36.6 cm³/mol. The van der Waals surface area contributed by atoms with Crippen LogP contribution in [-0.4, -0.2) is 51.4 Å². The van der Waals surface area contributed by atoms with Crippen LogP contribution in [-0.2, 0) is 0 Å². The summed E-state index contributed by atoms with van der Waals surface area (Å²) in [6.45, 7) is -0.323. The zero-order valence-electron chi connectivity index (χ0n) is 5.96. The fourth-order valence-electron chi connectivity index (χ4n) is 1.39. The maximum absolute atomic E-state index is 9.15. The fraction of sp³-hybridized carbons (Fsp3) is 1.00. The van der Waals surface area contributed by atoms with E-state index in [-0.39, 0.29) is 6.61 Å². The van der Waals surface area contributed by atoms with Crippen molar-refractivity contribution in [3.8, 4) is 0 Å². The molecule has 0 unspecified atom stereocenters. The summed E-state index contributed by atoms with van der Waals surface area (Å²) in [5, 5.41) is 36.0. The van der Waals surface area contributed by atoms with Crippen molar-refractivity contribution in [3.05, 3.63) is 0 Å². The molecular weight excluding hydrogens is 150 g/mol. The van der Waals surface area contributed by atoms with E-state index in [1.54, 1.807) is 0 Å². The van der Waals surface area contributed by atoms with Crippen molar-refractivity contribution in [2.45, 2.75) is 24.4 Å². The van der Waals surface area contributed by atoms with Crippen LogP contribution < -0.4 is 5.73 Å². The topological polar surface area (TPSA) is 107 Å². The Kier molecular flexibility index (Phi) is 2.46. The number of hydrogen-bond donors (Lipinski definition) is 5. The normalized spacial score (nSPS) is 51.5. The van der Waals surface area contributed by atoms with E-state index in [0.717, 1.165) is 0 Å². The molecule has 0 saturated heterocycles. The van der Waals surface area contributed by atoms with Crippen molar-refractivity contribution in [3.63, 3.8) is 0 Å². The molecule has 1 aliphatic carbocycles. The highest BCUT2D eigenvalue weighted by molar-refractivity contribution is 4.99. The molecule has 0 heterocycles. The molecule has 0 spiro atoms. The second kappa shape index (κ2) is 3.04. The molecule has 0 aromatic rings. The van der Waals surface area contributed by atoms with Gasteiger partial charge in [0.15, 0.2) is 0 Å². The summed E-state index contributed by atoms with van der Waals surface area (Å²) in [5.74, 6) is -0.625. The van der Waals surface area contributed by atoms with E-state index in [1.807, 2.05) is 0 Å². The highest BCUT2D eigenvalue weighted by Gasteiger charge is 2.46. The third-order valence-electron chi connectivity index (χ3n) is 2.24. The average Bonchev–Trinajstić information content (AvgIpc) is 2.17. The summed E-state index contributed by atoms with van der Waals surface area (Å²) in [6.07, 6.45) is -3.49. The summed E-state index contributed by atoms with van der Waals surface area (Å²) in [5.41, 5.74) is 5.38. The minimum absolute atomic E-state index is 0.323. The lowest BCUT2D eigenvalue weighted by molar-refractivity contribution is -0.0307. The summed E-state index contributed by atoms with van der Waals surface area (Å²) in [6, 6.07) is -0.745. The fourth-order valence-corrected chi connectivity index (χ4v) is 1.39. The molecule has 1 fully saturated rings. The Balaban J connectivity index is 2.69. The first-order valence-corrected chi connectivity index (χ1v) is 3.50. The van der Waals surface area contributed by atoms with Crippen molar-refractivity contribution >= 4 is 0 Å². The molecule has 0 aromatic carbocycles. The van der Waals surface area contributed by atoms with Crippen LogP contribution in [0.4, 0.5) is 0 Å². The molecule has 1 aliphatic rings. The van der Waals surface area contributed by atoms with Crippen molar-refractivity contribution in [2.75, 3.05) is 6.61 Å². The van der Waals surface area contributed by atoms with Crippen molar-refractivity contribution in [1.82, 2.24) is 0 Å². The standard InChI is InChI=1S/C6H13NO4/c7-3-2(1-8)4(9)6(11)5(3)10/h2-6,8-11H,1,7H2/t2-,3+,4+,5+,6-/m0/s1. The molecular formula is C6H13NO4. The maximum atomic E-state index is 9.15. The van der Waals surface area contributed by atoms with Gasteiger partial charge in [0.2, 0.25) is 0 Å². The Hall–Kier alpha value is -0.200. The van der Waals surface area contributed by atoms with Crippen molar-refractivity contribution < 1.29 is 20.4 Å². The first kappa shape index (κ1) is 8.89. The van der Waals surface area contributed by atoms with Gasteiger partial charge in [0.05, 0.1) is 18.8 Å². The lowest BCUT2D eigenvalue weighted by Crippen LogP contribution is -2.39. The van der Waals surface area contributed by atoms with Gasteiger partial charge in [0.25, 0.3) is 0 Å². The molecule has 1 rings (SSSR count). The molecule has 0 bridgehead atoms. The van der Waals surface area contributed by atoms with Crippen LogP contribution in [0.5, 0.6) is 0 Å². The van der Waals surface area contributed by atoms with Crippen LogP contribution in [0.2, 0.25) is 0 Å². The molecule has 5 nitrogen and oxygen atoms in total. The number of nitrogens with two attached hydrogens (primary N) is 1. The minimum Gasteiger partial charge on any atom is -0.396 e. The zero-order valence-corrected chi connectivity index (χ0v) is 5.96.